The number of rotatable bonds is 1. The molecule has 1 aromatic rings. The van der Waals surface area contributed by atoms with Crippen LogP contribution in [0.3, 0.4) is 0 Å². The summed E-state index contributed by atoms with van der Waals surface area (Å²) < 4.78 is 0. The van der Waals surface area contributed by atoms with E-state index < -0.39 is 0 Å². The van der Waals surface area contributed by atoms with Crippen molar-refractivity contribution in [3.05, 3.63) is 34.9 Å². The summed E-state index contributed by atoms with van der Waals surface area (Å²) in [6.45, 7) is 5.86. The normalized spacial score (nSPS) is 14.7. The highest BCUT2D eigenvalue weighted by Gasteiger charge is 2.17. The Bertz CT molecular complexity index is 479. The molecule has 0 unspecified atom stereocenters. The van der Waals surface area contributed by atoms with Crippen molar-refractivity contribution >= 4 is 23.2 Å². The van der Waals surface area contributed by atoms with E-state index in [4.69, 9.17) is 12.2 Å². The fourth-order valence-electron chi connectivity index (χ4n) is 2.23. The number of carbonyl (C=O) groups is 1. The van der Waals surface area contributed by atoms with E-state index in [1.54, 1.807) is 0 Å². The zero-order chi connectivity index (χ0) is 13.1. The summed E-state index contributed by atoms with van der Waals surface area (Å²) in [5.41, 5.74) is 2.84. The first-order valence-electron chi connectivity index (χ1n) is 6.25. The lowest BCUT2D eigenvalue weighted by molar-refractivity contribution is 0.0973. The van der Waals surface area contributed by atoms with Gasteiger partial charge in [-0.2, -0.15) is 0 Å². The van der Waals surface area contributed by atoms with Crippen molar-refractivity contribution in [2.45, 2.75) is 26.7 Å². The highest BCUT2D eigenvalue weighted by Crippen LogP contribution is 2.11. The van der Waals surface area contributed by atoms with Gasteiger partial charge >= 0.3 is 0 Å². The summed E-state index contributed by atoms with van der Waals surface area (Å²) >= 11 is 5.25. The molecule has 3 nitrogen and oxygen atoms in total. The van der Waals surface area contributed by atoms with Crippen molar-refractivity contribution in [1.29, 1.82) is 0 Å². The Kier molecular flexibility index (Phi) is 3.97. The van der Waals surface area contributed by atoms with Gasteiger partial charge in [0.25, 0.3) is 5.91 Å². The standard InChI is InChI=1S/C14H18N2OS/c1-10-5-6-12(11(2)9-10)13(17)15-14(18)16-7-3-4-8-16/h5-6,9H,3-4,7-8H2,1-2H3,(H,15,17,18). The number of nitrogens with zero attached hydrogens (tertiary/aromatic N) is 1. The van der Waals surface area contributed by atoms with Gasteiger partial charge in [-0.25, -0.2) is 0 Å². The van der Waals surface area contributed by atoms with Crippen molar-refractivity contribution in [1.82, 2.24) is 10.2 Å². The Morgan fingerprint density at radius 1 is 1.28 bits per heavy atom. The lowest BCUT2D eigenvalue weighted by Crippen LogP contribution is -2.41. The van der Waals surface area contributed by atoms with Crippen LogP contribution in [0.2, 0.25) is 0 Å². The molecule has 0 radical (unpaired) electrons. The van der Waals surface area contributed by atoms with Crippen LogP contribution >= 0.6 is 12.2 Å². The predicted octanol–water partition coefficient (Wildman–Crippen LogP) is 2.41. The number of thiocarbonyl (C=S) groups is 1. The van der Waals surface area contributed by atoms with E-state index in [-0.39, 0.29) is 5.91 Å². The third-order valence-electron chi connectivity index (χ3n) is 3.24. The third kappa shape index (κ3) is 2.88. The molecule has 1 heterocycles. The maximum absolute atomic E-state index is 12.1. The number of carbonyl (C=O) groups excluding carboxylic acids is 1. The summed E-state index contributed by atoms with van der Waals surface area (Å²) in [7, 11) is 0. The van der Waals surface area contributed by atoms with Crippen LogP contribution < -0.4 is 5.32 Å². The van der Waals surface area contributed by atoms with Gasteiger partial charge in [-0.15, -0.1) is 0 Å². The number of hydrogen-bond donors (Lipinski definition) is 1. The highest BCUT2D eigenvalue weighted by molar-refractivity contribution is 7.80. The second-order valence-corrected chi connectivity index (χ2v) is 5.16. The van der Waals surface area contributed by atoms with E-state index >= 15 is 0 Å². The molecule has 4 heteroatoms. The quantitative estimate of drug-likeness (QED) is 0.789. The Labute approximate surface area is 113 Å². The van der Waals surface area contributed by atoms with Crippen LogP contribution in [0.25, 0.3) is 0 Å². The van der Waals surface area contributed by atoms with Crippen LogP contribution in [0.15, 0.2) is 18.2 Å². The van der Waals surface area contributed by atoms with Crippen LogP contribution in [0.4, 0.5) is 0 Å². The first kappa shape index (κ1) is 13.0. The molecule has 0 bridgehead atoms. The Morgan fingerprint density at radius 3 is 2.56 bits per heavy atom. The van der Waals surface area contributed by atoms with Crippen molar-refractivity contribution in [3.8, 4) is 0 Å². The molecule has 1 amide bonds. The first-order valence-corrected chi connectivity index (χ1v) is 6.66. The first-order chi connectivity index (χ1) is 8.58. The van der Waals surface area contributed by atoms with Gasteiger partial charge in [-0.3, -0.25) is 10.1 Å². The molecule has 1 N–H and O–H groups in total. The van der Waals surface area contributed by atoms with Gasteiger partial charge in [-0.05, 0) is 50.5 Å². The lowest BCUT2D eigenvalue weighted by atomic mass is 10.1. The third-order valence-corrected chi connectivity index (χ3v) is 3.60. The molecule has 1 aromatic carbocycles. The Hall–Kier alpha value is -1.42. The average Bonchev–Trinajstić information content (AvgIpc) is 2.81. The van der Waals surface area contributed by atoms with E-state index in [1.165, 1.54) is 0 Å². The molecule has 2 rings (SSSR count). The van der Waals surface area contributed by atoms with E-state index in [0.29, 0.717) is 10.7 Å². The molecule has 0 atom stereocenters. The van der Waals surface area contributed by atoms with Crippen molar-refractivity contribution < 1.29 is 4.79 Å². The second-order valence-electron chi connectivity index (χ2n) is 4.77. The second kappa shape index (κ2) is 5.48. The highest BCUT2D eigenvalue weighted by atomic mass is 32.1. The minimum atomic E-state index is -0.107. The number of amides is 1. The van der Waals surface area contributed by atoms with E-state index in [1.807, 2.05) is 32.0 Å². The summed E-state index contributed by atoms with van der Waals surface area (Å²) in [5, 5.41) is 3.37. The zero-order valence-electron chi connectivity index (χ0n) is 10.8. The molecule has 18 heavy (non-hydrogen) atoms. The van der Waals surface area contributed by atoms with Gasteiger partial charge in [0.15, 0.2) is 5.11 Å². The molecule has 0 aromatic heterocycles. The molecular weight excluding hydrogens is 244 g/mol. The SMILES string of the molecule is Cc1ccc(C(=O)NC(=S)N2CCCC2)c(C)c1. The average molecular weight is 262 g/mol. The molecule has 0 aliphatic carbocycles. The van der Waals surface area contributed by atoms with Crippen molar-refractivity contribution in [2.75, 3.05) is 13.1 Å². The molecule has 96 valence electrons. The monoisotopic (exact) mass is 262 g/mol. The van der Waals surface area contributed by atoms with Crippen LogP contribution in [-0.4, -0.2) is 29.0 Å². The van der Waals surface area contributed by atoms with Gasteiger partial charge in [0.1, 0.15) is 0 Å². The number of nitrogens with one attached hydrogen (secondary N) is 1. The minimum absolute atomic E-state index is 0.107. The number of hydrogen-bond acceptors (Lipinski definition) is 2. The van der Waals surface area contributed by atoms with Gasteiger partial charge in [0.05, 0.1) is 0 Å². The van der Waals surface area contributed by atoms with Crippen LogP contribution in [0, 0.1) is 13.8 Å². The maximum atomic E-state index is 12.1. The van der Waals surface area contributed by atoms with E-state index in [9.17, 15) is 4.79 Å². The summed E-state index contributed by atoms with van der Waals surface area (Å²) in [6.07, 6.45) is 2.30. The van der Waals surface area contributed by atoms with Gasteiger partial charge in [-0.1, -0.05) is 17.7 Å². The molecule has 0 saturated carbocycles. The molecular formula is C14H18N2OS. The summed E-state index contributed by atoms with van der Waals surface area (Å²) in [6, 6.07) is 5.81. The summed E-state index contributed by atoms with van der Waals surface area (Å²) in [4.78, 5) is 14.2. The van der Waals surface area contributed by atoms with Crippen LogP contribution in [0.5, 0.6) is 0 Å². The molecule has 0 spiro atoms. The lowest BCUT2D eigenvalue weighted by Gasteiger charge is -2.19. The molecule has 1 aliphatic rings. The predicted molar refractivity (Wildman–Crippen MR) is 76.8 cm³/mol. The number of benzene rings is 1. The molecule has 1 fully saturated rings. The minimum Gasteiger partial charge on any atom is -0.349 e. The fraction of sp³-hybridized carbons (Fsp3) is 0.429. The van der Waals surface area contributed by atoms with Crippen molar-refractivity contribution in [3.63, 3.8) is 0 Å². The maximum Gasteiger partial charge on any atom is 0.257 e. The van der Waals surface area contributed by atoms with Crippen molar-refractivity contribution in [2.24, 2.45) is 0 Å². The van der Waals surface area contributed by atoms with E-state index in [2.05, 4.69) is 10.2 Å². The topological polar surface area (TPSA) is 32.3 Å². The molecule has 1 saturated heterocycles. The number of aryl methyl sites for hydroxylation is 2. The van der Waals surface area contributed by atoms with Gasteiger partial charge in [0, 0.05) is 18.7 Å². The summed E-state index contributed by atoms with van der Waals surface area (Å²) in [5.74, 6) is -0.107. The van der Waals surface area contributed by atoms with Crippen LogP contribution in [-0.2, 0) is 0 Å². The number of likely N-dealkylation sites (tertiary alicyclic amines) is 1. The Balaban J connectivity index is 2.05. The van der Waals surface area contributed by atoms with Gasteiger partial charge in [0.2, 0.25) is 0 Å². The molecule has 1 aliphatic heterocycles. The largest absolute Gasteiger partial charge is 0.349 e. The fourth-order valence-corrected chi connectivity index (χ4v) is 2.51. The van der Waals surface area contributed by atoms with Gasteiger partial charge < -0.3 is 4.90 Å². The smallest absolute Gasteiger partial charge is 0.257 e. The zero-order valence-corrected chi connectivity index (χ0v) is 11.6. The van der Waals surface area contributed by atoms with E-state index in [0.717, 1.165) is 37.1 Å². The Morgan fingerprint density at radius 2 is 1.94 bits per heavy atom. The van der Waals surface area contributed by atoms with Crippen LogP contribution in [0.1, 0.15) is 34.3 Å².